The van der Waals surface area contributed by atoms with E-state index in [1.165, 1.54) is 0 Å². The summed E-state index contributed by atoms with van der Waals surface area (Å²) in [5.41, 5.74) is 0.234. The third kappa shape index (κ3) is 5.92. The Morgan fingerprint density at radius 2 is 1.89 bits per heavy atom. The number of unbranched alkanes of at least 4 members (excludes halogenated alkanes) is 2. The van der Waals surface area contributed by atoms with Crippen molar-refractivity contribution >= 4 is 29.9 Å². The molecule has 2 saturated heterocycles. The molecule has 9 heteroatoms. The van der Waals surface area contributed by atoms with Gasteiger partial charge in [0.2, 0.25) is 17.7 Å². The highest BCUT2D eigenvalue weighted by molar-refractivity contribution is 5.92. The fraction of sp³-hybridized carbons (Fsp3) is 0.667. The minimum atomic E-state index is -0.788. The molecule has 2 atom stereocenters. The summed E-state index contributed by atoms with van der Waals surface area (Å²) in [5, 5.41) is 7.85. The largest absolute Gasteiger partial charge is 0.352 e. The van der Waals surface area contributed by atoms with Crippen molar-refractivity contribution in [3.8, 4) is 0 Å². The van der Waals surface area contributed by atoms with Crippen LogP contribution in [0.4, 0.5) is 0 Å². The predicted octanol–water partition coefficient (Wildman–Crippen LogP) is -0.953. The van der Waals surface area contributed by atoms with Crippen LogP contribution in [-0.2, 0) is 24.0 Å². The monoisotopic (exact) mass is 378 g/mol. The van der Waals surface area contributed by atoms with Crippen molar-refractivity contribution in [2.45, 2.75) is 57.0 Å². The van der Waals surface area contributed by atoms with Gasteiger partial charge in [0.25, 0.3) is 0 Å². The highest BCUT2D eigenvalue weighted by Gasteiger charge is 2.33. The van der Waals surface area contributed by atoms with Gasteiger partial charge in [0.1, 0.15) is 30.0 Å². The highest BCUT2D eigenvalue weighted by Crippen LogP contribution is 2.21. The summed E-state index contributed by atoms with van der Waals surface area (Å²) in [4.78, 5) is 60.6. The van der Waals surface area contributed by atoms with Crippen molar-refractivity contribution < 1.29 is 24.0 Å². The number of amides is 3. The number of nitrogens with zero attached hydrogens (tertiary/aromatic N) is 1. The molecule has 0 aromatic rings. The van der Waals surface area contributed by atoms with Gasteiger partial charge >= 0.3 is 0 Å². The van der Waals surface area contributed by atoms with Gasteiger partial charge in [-0.1, -0.05) is 6.42 Å². The molecule has 0 aromatic carbocycles. The van der Waals surface area contributed by atoms with Gasteiger partial charge in [-0.05, 0) is 32.1 Å². The van der Waals surface area contributed by atoms with Crippen LogP contribution in [-0.4, -0.2) is 66.6 Å². The summed E-state index contributed by atoms with van der Waals surface area (Å²) in [7, 11) is 0. The van der Waals surface area contributed by atoms with Crippen molar-refractivity contribution in [3.63, 3.8) is 0 Å². The minimum Gasteiger partial charge on any atom is -0.352 e. The Morgan fingerprint density at radius 3 is 2.63 bits per heavy atom. The molecule has 0 aromatic heterocycles. The van der Waals surface area contributed by atoms with Gasteiger partial charge < -0.3 is 25.6 Å². The zero-order valence-electron chi connectivity index (χ0n) is 15.3. The van der Waals surface area contributed by atoms with Crippen LogP contribution in [0.2, 0.25) is 0 Å². The molecule has 0 radical (unpaired) electrons. The fourth-order valence-corrected chi connectivity index (χ4v) is 3.37. The molecule has 0 saturated carbocycles. The molecule has 0 aliphatic carbocycles. The Morgan fingerprint density at radius 1 is 1.07 bits per heavy atom. The lowest BCUT2D eigenvalue weighted by Crippen LogP contribution is -2.57. The lowest BCUT2D eigenvalue weighted by atomic mass is 9.99. The maximum atomic E-state index is 12.8. The van der Waals surface area contributed by atoms with Crippen LogP contribution in [0.15, 0.2) is 5.70 Å². The molecule has 9 nitrogen and oxygen atoms in total. The van der Waals surface area contributed by atoms with Gasteiger partial charge in [-0.2, -0.15) is 0 Å². The van der Waals surface area contributed by atoms with Crippen LogP contribution in [0.25, 0.3) is 0 Å². The van der Waals surface area contributed by atoms with E-state index in [2.05, 4.69) is 16.0 Å². The number of carbonyl (C=O) groups excluding carboxylic acids is 5. The second kappa shape index (κ2) is 10.5. The van der Waals surface area contributed by atoms with Crippen LogP contribution in [0, 0.1) is 0 Å². The molecule has 2 aliphatic heterocycles. The first-order chi connectivity index (χ1) is 13.1. The minimum absolute atomic E-state index is 0.0306. The first-order valence-electron chi connectivity index (χ1n) is 9.36. The fourth-order valence-electron chi connectivity index (χ4n) is 3.37. The van der Waals surface area contributed by atoms with Gasteiger partial charge in [-0.15, -0.1) is 0 Å². The number of hydrogen-bond donors (Lipinski definition) is 3. The van der Waals surface area contributed by atoms with Crippen LogP contribution < -0.4 is 16.0 Å². The average molecular weight is 378 g/mol. The molecule has 1 unspecified atom stereocenters. The number of piperidine rings is 1. The van der Waals surface area contributed by atoms with Gasteiger partial charge in [-0.3, -0.25) is 14.4 Å². The third-order valence-electron chi connectivity index (χ3n) is 4.84. The standard InChI is InChI=1S/C18H26N4O5/c23-9-5-1-2-6-14-17(26)20-11-16(25)19-10-13(12-24)22-8-4-3-7-15(22)18(27)21-14/h9,14-15H,1-8,10-11H2,(H,19,25)(H,20,26)(H,21,27)/t14-,15?/m0/s1. The average Bonchev–Trinajstić information content (AvgIpc) is 2.68. The van der Waals surface area contributed by atoms with Crippen LogP contribution in [0.1, 0.15) is 44.9 Å². The second-order valence-corrected chi connectivity index (χ2v) is 6.76. The Balaban J connectivity index is 2.18. The van der Waals surface area contributed by atoms with Crippen LogP contribution >= 0.6 is 0 Å². The highest BCUT2D eigenvalue weighted by atomic mass is 16.2. The molecule has 2 rings (SSSR count). The summed E-state index contributed by atoms with van der Waals surface area (Å²) in [6.45, 7) is 0.251. The van der Waals surface area contributed by atoms with E-state index in [4.69, 9.17) is 0 Å². The molecule has 2 fully saturated rings. The zero-order valence-corrected chi connectivity index (χ0v) is 15.3. The lowest BCUT2D eigenvalue weighted by Gasteiger charge is -2.37. The normalized spacial score (nSPS) is 24.4. The molecule has 27 heavy (non-hydrogen) atoms. The van der Waals surface area contributed by atoms with Crippen LogP contribution in [0.3, 0.4) is 0 Å². The van der Waals surface area contributed by atoms with E-state index in [9.17, 15) is 24.0 Å². The summed E-state index contributed by atoms with van der Waals surface area (Å²) in [6.07, 6.45) is 5.03. The van der Waals surface area contributed by atoms with E-state index < -0.39 is 23.9 Å². The maximum absolute atomic E-state index is 12.8. The SMILES string of the molecule is O=C=C1CNC(=O)CNC(=O)[C@H](CCCCC=O)NC(=O)C2CCCCN12. The van der Waals surface area contributed by atoms with Gasteiger partial charge in [0.15, 0.2) is 0 Å². The van der Waals surface area contributed by atoms with E-state index in [0.29, 0.717) is 38.6 Å². The Hall–Kier alpha value is -2.67. The van der Waals surface area contributed by atoms with E-state index >= 15 is 0 Å². The first kappa shape index (κ1) is 20.6. The van der Waals surface area contributed by atoms with Gasteiger partial charge in [0, 0.05) is 13.0 Å². The van der Waals surface area contributed by atoms with E-state index in [1.54, 1.807) is 4.90 Å². The Kier molecular flexibility index (Phi) is 8.00. The number of nitrogens with one attached hydrogen (secondary N) is 3. The van der Waals surface area contributed by atoms with Gasteiger partial charge in [0.05, 0.1) is 13.1 Å². The smallest absolute Gasteiger partial charge is 0.243 e. The summed E-state index contributed by atoms with van der Waals surface area (Å²) >= 11 is 0. The predicted molar refractivity (Wildman–Crippen MR) is 96.0 cm³/mol. The first-order valence-corrected chi connectivity index (χ1v) is 9.36. The Labute approximate surface area is 157 Å². The lowest BCUT2D eigenvalue weighted by molar-refractivity contribution is -0.133. The number of fused-ring (bicyclic) bond motifs is 1. The van der Waals surface area contributed by atoms with E-state index in [1.807, 2.05) is 5.94 Å². The molecule has 2 aliphatic rings. The number of carbonyl (C=O) groups is 4. The van der Waals surface area contributed by atoms with E-state index in [-0.39, 0.29) is 24.7 Å². The summed E-state index contributed by atoms with van der Waals surface area (Å²) < 4.78 is 0. The third-order valence-corrected chi connectivity index (χ3v) is 4.84. The molecule has 148 valence electrons. The molecular formula is C18H26N4O5. The molecule has 3 amide bonds. The van der Waals surface area contributed by atoms with Crippen molar-refractivity contribution in [1.82, 2.24) is 20.9 Å². The summed E-state index contributed by atoms with van der Waals surface area (Å²) in [6, 6.07) is -1.36. The Bertz CT molecular complexity index is 629. The molecular weight excluding hydrogens is 352 g/mol. The number of aldehydes is 1. The van der Waals surface area contributed by atoms with Gasteiger partial charge in [-0.25, -0.2) is 4.79 Å². The maximum Gasteiger partial charge on any atom is 0.243 e. The van der Waals surface area contributed by atoms with Crippen molar-refractivity contribution in [1.29, 1.82) is 0 Å². The number of rotatable bonds is 5. The number of hydrogen-bond acceptors (Lipinski definition) is 6. The molecule has 3 N–H and O–H groups in total. The molecule has 0 bridgehead atoms. The topological polar surface area (TPSA) is 125 Å². The molecule has 2 heterocycles. The van der Waals surface area contributed by atoms with Crippen LogP contribution in [0.5, 0.6) is 0 Å². The van der Waals surface area contributed by atoms with E-state index in [0.717, 1.165) is 19.1 Å². The summed E-state index contributed by atoms with van der Waals surface area (Å²) in [5.74, 6) is 0.675. The molecule has 0 spiro atoms. The zero-order chi connectivity index (χ0) is 19.6. The second-order valence-electron chi connectivity index (χ2n) is 6.76. The van der Waals surface area contributed by atoms with Crippen molar-refractivity contribution in [3.05, 3.63) is 5.70 Å². The van der Waals surface area contributed by atoms with Crippen molar-refractivity contribution in [2.75, 3.05) is 19.6 Å². The quantitative estimate of drug-likeness (QED) is 0.322. The van der Waals surface area contributed by atoms with Crippen molar-refractivity contribution in [2.24, 2.45) is 0 Å².